The van der Waals surface area contributed by atoms with Crippen LogP contribution in [0.3, 0.4) is 0 Å². The Morgan fingerprint density at radius 1 is 0.912 bits per heavy atom. The molecule has 0 atom stereocenters. The van der Waals surface area contributed by atoms with Gasteiger partial charge < -0.3 is 25.1 Å². The first kappa shape index (κ1) is 26.1. The molecule has 2 aromatic carbocycles. The van der Waals surface area contributed by atoms with Crippen molar-refractivity contribution in [3.63, 3.8) is 0 Å². The van der Waals surface area contributed by atoms with Gasteiger partial charge in [0.05, 0.1) is 12.2 Å². The number of phenols is 1. The number of guanidine groups is 1. The fourth-order valence-corrected chi connectivity index (χ4v) is 4.52. The number of nitrogens with zero attached hydrogens (tertiary/aromatic N) is 4. The van der Waals surface area contributed by atoms with E-state index >= 15 is 0 Å². The first-order valence-corrected chi connectivity index (χ1v) is 12.1. The number of hydrogen-bond donors (Lipinski definition) is 2. The first-order chi connectivity index (χ1) is 16.2. The molecule has 2 heterocycles. The minimum atomic E-state index is 0. The number of carbonyl (C=O) groups is 1. The van der Waals surface area contributed by atoms with Crippen LogP contribution in [0.25, 0.3) is 0 Å². The molecule has 0 aromatic heterocycles. The number of benzene rings is 2. The molecular formula is C26H36IN5O2. The monoisotopic (exact) mass is 577 g/mol. The van der Waals surface area contributed by atoms with Crippen LogP contribution in [0.4, 0.5) is 5.69 Å². The van der Waals surface area contributed by atoms with Gasteiger partial charge in [0, 0.05) is 51.4 Å². The molecule has 0 radical (unpaired) electrons. The molecule has 2 aliphatic heterocycles. The van der Waals surface area contributed by atoms with E-state index in [0.717, 1.165) is 81.4 Å². The normalized spacial score (nSPS) is 16.7. The Kier molecular flexibility index (Phi) is 9.86. The summed E-state index contributed by atoms with van der Waals surface area (Å²) in [5.41, 5.74) is 2.74. The van der Waals surface area contributed by atoms with Crippen LogP contribution in [0.5, 0.6) is 5.75 Å². The molecule has 1 amide bonds. The van der Waals surface area contributed by atoms with Crippen molar-refractivity contribution in [2.45, 2.75) is 32.7 Å². The number of amides is 1. The quantitative estimate of drug-likeness (QED) is 0.321. The van der Waals surface area contributed by atoms with E-state index in [2.05, 4.69) is 22.0 Å². The van der Waals surface area contributed by atoms with Crippen LogP contribution in [0, 0.1) is 0 Å². The maximum Gasteiger partial charge on any atom is 0.253 e. The molecule has 0 aliphatic carbocycles. The molecule has 184 valence electrons. The number of para-hydroxylation sites is 2. The number of aliphatic imine (C=N–C) groups is 1. The van der Waals surface area contributed by atoms with E-state index in [-0.39, 0.29) is 29.9 Å². The maximum atomic E-state index is 12.7. The van der Waals surface area contributed by atoms with Crippen LogP contribution in [0.15, 0.2) is 53.5 Å². The minimum Gasteiger partial charge on any atom is -0.506 e. The molecule has 4 rings (SSSR count). The zero-order valence-electron chi connectivity index (χ0n) is 19.9. The molecule has 2 aliphatic rings. The highest BCUT2D eigenvalue weighted by atomic mass is 127. The summed E-state index contributed by atoms with van der Waals surface area (Å²) in [4.78, 5) is 24.0. The number of piperidine rings is 1. The Balaban J connectivity index is 0.00000324. The number of hydrogen-bond acceptors (Lipinski definition) is 4. The highest BCUT2D eigenvalue weighted by Gasteiger charge is 2.21. The molecule has 0 saturated carbocycles. The molecule has 34 heavy (non-hydrogen) atoms. The number of likely N-dealkylation sites (tertiary alicyclic amines) is 1. The highest BCUT2D eigenvalue weighted by molar-refractivity contribution is 14.0. The van der Waals surface area contributed by atoms with Gasteiger partial charge >= 0.3 is 0 Å². The molecule has 2 N–H and O–H groups in total. The van der Waals surface area contributed by atoms with Crippen LogP contribution < -0.4 is 10.2 Å². The summed E-state index contributed by atoms with van der Waals surface area (Å²) in [7, 11) is 0. The number of nitrogens with one attached hydrogen (secondary N) is 1. The molecule has 7 nitrogen and oxygen atoms in total. The van der Waals surface area contributed by atoms with E-state index in [9.17, 15) is 9.90 Å². The molecule has 2 fully saturated rings. The Morgan fingerprint density at radius 3 is 2.24 bits per heavy atom. The third kappa shape index (κ3) is 6.55. The average Bonchev–Trinajstić information content (AvgIpc) is 2.87. The van der Waals surface area contributed by atoms with Gasteiger partial charge in [-0.25, -0.2) is 4.99 Å². The van der Waals surface area contributed by atoms with Gasteiger partial charge in [0.1, 0.15) is 5.75 Å². The van der Waals surface area contributed by atoms with Gasteiger partial charge in [-0.05, 0) is 56.0 Å². The molecule has 2 aromatic rings. The van der Waals surface area contributed by atoms with E-state index < -0.39 is 0 Å². The van der Waals surface area contributed by atoms with Gasteiger partial charge in [-0.15, -0.1) is 24.0 Å². The fraction of sp³-hybridized carbons (Fsp3) is 0.462. The smallest absolute Gasteiger partial charge is 0.253 e. The van der Waals surface area contributed by atoms with Gasteiger partial charge in [-0.3, -0.25) is 4.79 Å². The Hall–Kier alpha value is -2.49. The molecule has 0 unspecified atom stereocenters. The molecule has 8 heteroatoms. The van der Waals surface area contributed by atoms with Crippen LogP contribution >= 0.6 is 24.0 Å². The Labute approximate surface area is 219 Å². The lowest BCUT2D eigenvalue weighted by Gasteiger charge is -2.37. The lowest BCUT2D eigenvalue weighted by atomic mass is 10.1. The standard InChI is InChI=1S/C26H35N5O2.HI/c1-2-27-26(31-18-16-29(17-19-31)23-8-4-5-9-24(23)32)28-20-21-10-12-22(13-11-21)25(33)30-14-6-3-7-15-30;/h4-5,8-13,32H,2-3,6-7,14-20H2,1H3,(H,27,28);1H. The van der Waals surface area contributed by atoms with Crippen molar-refractivity contribution in [2.24, 2.45) is 4.99 Å². The number of anilines is 1. The molecule has 0 bridgehead atoms. The van der Waals surface area contributed by atoms with Crippen LogP contribution in [0.1, 0.15) is 42.1 Å². The van der Waals surface area contributed by atoms with Gasteiger partial charge in [0.25, 0.3) is 5.91 Å². The second-order valence-corrected chi connectivity index (χ2v) is 8.68. The topological polar surface area (TPSA) is 71.4 Å². The van der Waals surface area contributed by atoms with Crippen molar-refractivity contribution >= 4 is 41.5 Å². The lowest BCUT2D eigenvalue weighted by Crippen LogP contribution is -2.52. The third-order valence-electron chi connectivity index (χ3n) is 6.39. The summed E-state index contributed by atoms with van der Waals surface area (Å²) in [6, 6.07) is 15.4. The number of halogens is 1. The highest BCUT2D eigenvalue weighted by Crippen LogP contribution is 2.27. The van der Waals surface area contributed by atoms with Gasteiger partial charge in [0.2, 0.25) is 0 Å². The van der Waals surface area contributed by atoms with Crippen molar-refractivity contribution in [3.05, 3.63) is 59.7 Å². The summed E-state index contributed by atoms with van der Waals surface area (Å²) < 4.78 is 0. The largest absolute Gasteiger partial charge is 0.506 e. The Morgan fingerprint density at radius 2 is 1.59 bits per heavy atom. The molecule has 0 spiro atoms. The molecule has 2 saturated heterocycles. The number of aromatic hydroxyl groups is 1. The van der Waals surface area contributed by atoms with Crippen molar-refractivity contribution in [1.82, 2.24) is 15.1 Å². The number of piperazine rings is 1. The van der Waals surface area contributed by atoms with Crippen molar-refractivity contribution in [3.8, 4) is 5.75 Å². The SMILES string of the molecule is CCNC(=NCc1ccc(C(=O)N2CCCCC2)cc1)N1CCN(c2ccccc2O)CC1.I. The summed E-state index contributed by atoms with van der Waals surface area (Å²) in [5, 5.41) is 13.6. The average molecular weight is 578 g/mol. The summed E-state index contributed by atoms with van der Waals surface area (Å²) in [6.07, 6.45) is 3.43. The minimum absolute atomic E-state index is 0. The zero-order chi connectivity index (χ0) is 23.0. The van der Waals surface area contributed by atoms with Crippen molar-refractivity contribution in [1.29, 1.82) is 0 Å². The van der Waals surface area contributed by atoms with E-state index in [4.69, 9.17) is 4.99 Å². The van der Waals surface area contributed by atoms with Crippen molar-refractivity contribution in [2.75, 3.05) is 50.7 Å². The fourth-order valence-electron chi connectivity index (χ4n) is 4.52. The molecular weight excluding hydrogens is 541 g/mol. The van der Waals surface area contributed by atoms with E-state index in [1.54, 1.807) is 6.07 Å². The second-order valence-electron chi connectivity index (χ2n) is 8.68. The van der Waals surface area contributed by atoms with Gasteiger partial charge in [0.15, 0.2) is 5.96 Å². The first-order valence-electron chi connectivity index (χ1n) is 12.1. The predicted octanol–water partition coefficient (Wildman–Crippen LogP) is 3.92. The van der Waals surface area contributed by atoms with Gasteiger partial charge in [-0.2, -0.15) is 0 Å². The zero-order valence-corrected chi connectivity index (χ0v) is 22.3. The van der Waals surface area contributed by atoms with Crippen LogP contribution in [0.2, 0.25) is 0 Å². The third-order valence-corrected chi connectivity index (χ3v) is 6.39. The second kappa shape index (κ2) is 12.8. The van der Waals surface area contributed by atoms with Crippen LogP contribution in [-0.2, 0) is 6.54 Å². The van der Waals surface area contributed by atoms with E-state index in [1.165, 1.54) is 6.42 Å². The Bertz CT molecular complexity index is 952. The number of carbonyl (C=O) groups excluding carboxylic acids is 1. The summed E-state index contributed by atoms with van der Waals surface area (Å²) in [5.74, 6) is 1.37. The summed E-state index contributed by atoms with van der Waals surface area (Å²) >= 11 is 0. The lowest BCUT2D eigenvalue weighted by molar-refractivity contribution is 0.0724. The van der Waals surface area contributed by atoms with Crippen LogP contribution in [-0.4, -0.2) is 72.6 Å². The van der Waals surface area contributed by atoms with E-state index in [1.807, 2.05) is 47.4 Å². The number of rotatable bonds is 5. The van der Waals surface area contributed by atoms with Gasteiger partial charge in [-0.1, -0.05) is 24.3 Å². The van der Waals surface area contributed by atoms with Crippen molar-refractivity contribution < 1.29 is 9.90 Å². The maximum absolute atomic E-state index is 12.7. The summed E-state index contributed by atoms with van der Waals surface area (Å²) in [6.45, 7) is 8.52. The predicted molar refractivity (Wildman–Crippen MR) is 148 cm³/mol. The van der Waals surface area contributed by atoms with E-state index in [0.29, 0.717) is 12.3 Å². The number of phenolic OH excluding ortho intramolecular Hbond substituents is 1.